The van der Waals surface area contributed by atoms with Crippen molar-refractivity contribution in [2.45, 2.75) is 36.6 Å². The van der Waals surface area contributed by atoms with E-state index >= 15 is 0 Å². The third-order valence-corrected chi connectivity index (χ3v) is 6.92. The van der Waals surface area contributed by atoms with Crippen LogP contribution in [0.25, 0.3) is 10.9 Å². The summed E-state index contributed by atoms with van der Waals surface area (Å²) in [5, 5.41) is 21.2. The lowest BCUT2D eigenvalue weighted by Crippen LogP contribution is -2.60. The van der Waals surface area contributed by atoms with Gasteiger partial charge in [-0.3, -0.25) is 9.69 Å². The molecule has 0 aliphatic carbocycles. The highest BCUT2D eigenvalue weighted by atomic mass is 32.2. The number of carboxylic acids is 1. The Hall–Kier alpha value is -2.29. The Labute approximate surface area is 156 Å². The number of benzene rings is 1. The summed E-state index contributed by atoms with van der Waals surface area (Å²) < 4.78 is 25.7. The van der Waals surface area contributed by atoms with Gasteiger partial charge in [-0.2, -0.15) is 0 Å². The number of hydrogen-bond acceptors (Lipinski definition) is 6. The number of carbonyl (C=O) groups is 1. The van der Waals surface area contributed by atoms with Crippen molar-refractivity contribution in [1.82, 2.24) is 9.88 Å². The highest BCUT2D eigenvalue weighted by molar-refractivity contribution is 7.94. The smallest absolute Gasteiger partial charge is 0.325 e. The summed E-state index contributed by atoms with van der Waals surface area (Å²) in [6.07, 6.45) is -0.238. The number of rotatable bonds is 4. The van der Waals surface area contributed by atoms with E-state index in [-0.39, 0.29) is 17.0 Å². The van der Waals surface area contributed by atoms with E-state index in [1.165, 1.54) is 6.07 Å². The van der Waals surface area contributed by atoms with Crippen LogP contribution < -0.4 is 0 Å². The minimum atomic E-state index is -3.88. The molecule has 0 amide bonds. The normalized spacial score (nSPS) is 28.1. The van der Waals surface area contributed by atoms with Gasteiger partial charge in [0.1, 0.15) is 6.04 Å². The fraction of sp³-hybridized carbons (Fsp3) is 0.368. The molecule has 142 valence electrons. The van der Waals surface area contributed by atoms with Crippen LogP contribution in [0.4, 0.5) is 0 Å². The third-order valence-electron chi connectivity index (χ3n) is 5.49. The zero-order valence-electron chi connectivity index (χ0n) is 14.7. The first kappa shape index (κ1) is 18.1. The van der Waals surface area contributed by atoms with E-state index in [9.17, 15) is 23.4 Å². The molecule has 4 rings (SSSR count). The number of hydrogen-bond donors (Lipinski definition) is 2. The number of nitrogens with zero attached hydrogens (tertiary/aromatic N) is 2. The van der Waals surface area contributed by atoms with Crippen molar-refractivity contribution in [2.75, 3.05) is 6.54 Å². The Balaban J connectivity index is 1.70. The van der Waals surface area contributed by atoms with Crippen LogP contribution in [-0.4, -0.2) is 59.2 Å². The first-order valence-electron chi connectivity index (χ1n) is 8.76. The highest BCUT2D eigenvalue weighted by Gasteiger charge is 2.53. The number of para-hydroxylation sites is 1. The summed E-state index contributed by atoms with van der Waals surface area (Å²) in [5.74, 6) is -1.12. The van der Waals surface area contributed by atoms with Crippen LogP contribution in [0.15, 0.2) is 52.4 Å². The predicted molar refractivity (Wildman–Crippen MR) is 98.7 cm³/mol. The van der Waals surface area contributed by atoms with Crippen molar-refractivity contribution in [3.8, 4) is 0 Å². The Morgan fingerprint density at radius 3 is 2.74 bits per heavy atom. The van der Waals surface area contributed by atoms with Gasteiger partial charge >= 0.3 is 5.97 Å². The van der Waals surface area contributed by atoms with Gasteiger partial charge < -0.3 is 10.2 Å². The van der Waals surface area contributed by atoms with Crippen molar-refractivity contribution >= 4 is 26.7 Å². The Morgan fingerprint density at radius 1 is 1.30 bits per heavy atom. The standard InChI is InChI=1S/C19H20N2O5S/c1-11(22)14-9-21-16(14)8-13(18(21)19(23)24)10-27(25,26)17-7-6-12-4-2-3-5-15(12)20-17/h2-7,10-11,14,16,18,22H,8-9H2,1H3,(H,23,24)/b13-10+/t11-,14+,16-,18-/m1/s1. The molecule has 2 aromatic rings. The van der Waals surface area contributed by atoms with E-state index in [2.05, 4.69) is 4.98 Å². The zero-order chi connectivity index (χ0) is 19.3. The molecule has 0 unspecified atom stereocenters. The van der Waals surface area contributed by atoms with Gasteiger partial charge in [0, 0.05) is 29.3 Å². The zero-order valence-corrected chi connectivity index (χ0v) is 15.5. The van der Waals surface area contributed by atoms with Crippen LogP contribution in [0, 0.1) is 5.92 Å². The summed E-state index contributed by atoms with van der Waals surface area (Å²) in [7, 11) is -3.88. The molecule has 0 saturated carbocycles. The van der Waals surface area contributed by atoms with Gasteiger partial charge in [-0.25, -0.2) is 13.4 Å². The fourth-order valence-corrected chi connectivity index (χ4v) is 5.32. The second kappa shape index (κ2) is 6.40. The number of carboxylic acid groups (broad SMARTS) is 1. The molecule has 4 atom stereocenters. The second-order valence-corrected chi connectivity index (χ2v) is 8.94. The first-order valence-corrected chi connectivity index (χ1v) is 10.3. The van der Waals surface area contributed by atoms with E-state index in [0.29, 0.717) is 24.1 Å². The monoisotopic (exact) mass is 388 g/mol. The van der Waals surface area contributed by atoms with Gasteiger partial charge in [0.05, 0.1) is 11.6 Å². The molecule has 0 radical (unpaired) electrons. The molecule has 2 saturated heterocycles. The minimum Gasteiger partial charge on any atom is -0.480 e. The van der Waals surface area contributed by atoms with Gasteiger partial charge in [-0.1, -0.05) is 18.2 Å². The van der Waals surface area contributed by atoms with Crippen LogP contribution in [0.5, 0.6) is 0 Å². The van der Waals surface area contributed by atoms with Crippen molar-refractivity contribution in [3.05, 3.63) is 47.4 Å². The Morgan fingerprint density at radius 2 is 2.04 bits per heavy atom. The average Bonchev–Trinajstić information content (AvgIpc) is 2.86. The summed E-state index contributed by atoms with van der Waals surface area (Å²) in [5.41, 5.74) is 0.904. The van der Waals surface area contributed by atoms with Crippen LogP contribution in [0.2, 0.25) is 0 Å². The van der Waals surface area contributed by atoms with E-state index in [4.69, 9.17) is 0 Å². The molecule has 1 aromatic heterocycles. The Kier molecular flexibility index (Phi) is 4.29. The molecular weight excluding hydrogens is 368 g/mol. The number of aliphatic carboxylic acids is 1. The first-order chi connectivity index (χ1) is 12.8. The fourth-order valence-electron chi connectivity index (χ4n) is 4.09. The van der Waals surface area contributed by atoms with Crippen LogP contribution >= 0.6 is 0 Å². The van der Waals surface area contributed by atoms with E-state index in [1.54, 1.807) is 30.0 Å². The number of aliphatic hydroxyl groups excluding tert-OH is 1. The third kappa shape index (κ3) is 3.03. The van der Waals surface area contributed by atoms with Crippen molar-refractivity contribution in [1.29, 1.82) is 0 Å². The Bertz CT molecular complexity index is 1050. The largest absolute Gasteiger partial charge is 0.480 e. The van der Waals surface area contributed by atoms with Crippen LogP contribution in [0.1, 0.15) is 13.3 Å². The molecule has 2 aliphatic heterocycles. The summed E-state index contributed by atoms with van der Waals surface area (Å²) >= 11 is 0. The number of sulfone groups is 1. The molecule has 1 aromatic carbocycles. The lowest BCUT2D eigenvalue weighted by molar-refractivity contribution is -0.146. The average molecular weight is 388 g/mol. The SMILES string of the molecule is C[C@@H](O)[C@@H]1CN2[C@@H]1C/C(=C\S(=O)(=O)c1ccc3ccccc3n1)[C@@H]2C(=O)O. The summed E-state index contributed by atoms with van der Waals surface area (Å²) in [6, 6.07) is 9.21. The summed E-state index contributed by atoms with van der Waals surface area (Å²) in [4.78, 5) is 17.7. The van der Waals surface area contributed by atoms with Crippen molar-refractivity contribution < 1.29 is 23.4 Å². The summed E-state index contributed by atoms with van der Waals surface area (Å²) in [6.45, 7) is 2.13. The molecule has 0 bridgehead atoms. The number of pyridine rings is 1. The molecule has 2 N–H and O–H groups in total. The van der Waals surface area contributed by atoms with Crippen LogP contribution in [0.3, 0.4) is 0 Å². The maximum Gasteiger partial charge on any atom is 0.325 e. The highest BCUT2D eigenvalue weighted by Crippen LogP contribution is 2.43. The van der Waals surface area contributed by atoms with Gasteiger partial charge in [0.15, 0.2) is 5.03 Å². The molecule has 2 aliphatic rings. The second-order valence-electron chi connectivity index (χ2n) is 7.19. The minimum absolute atomic E-state index is 0.0424. The number of aliphatic hydroxyl groups is 1. The van der Waals surface area contributed by atoms with Crippen LogP contribution in [-0.2, 0) is 14.6 Å². The maximum atomic E-state index is 12.8. The van der Waals surface area contributed by atoms with Gasteiger partial charge in [-0.15, -0.1) is 0 Å². The number of aromatic nitrogens is 1. The molecule has 8 heteroatoms. The molecule has 2 fully saturated rings. The van der Waals surface area contributed by atoms with Gasteiger partial charge in [0.2, 0.25) is 9.84 Å². The maximum absolute atomic E-state index is 12.8. The molecule has 27 heavy (non-hydrogen) atoms. The lowest BCUT2D eigenvalue weighted by Gasteiger charge is -2.46. The van der Waals surface area contributed by atoms with Crippen molar-refractivity contribution in [2.24, 2.45) is 5.92 Å². The lowest BCUT2D eigenvalue weighted by atomic mass is 9.85. The van der Waals surface area contributed by atoms with Crippen molar-refractivity contribution in [3.63, 3.8) is 0 Å². The quantitative estimate of drug-likeness (QED) is 0.816. The molecule has 3 heterocycles. The van der Waals surface area contributed by atoms with E-state index < -0.39 is 28.0 Å². The molecule has 7 nitrogen and oxygen atoms in total. The topological polar surface area (TPSA) is 108 Å². The predicted octanol–water partition coefficient (Wildman–Crippen LogP) is 1.43. The van der Waals surface area contributed by atoms with Gasteiger partial charge in [0.25, 0.3) is 0 Å². The van der Waals surface area contributed by atoms with E-state index in [0.717, 1.165) is 10.8 Å². The van der Waals surface area contributed by atoms with E-state index in [1.807, 2.05) is 12.1 Å². The molecule has 0 spiro atoms. The van der Waals surface area contributed by atoms with Gasteiger partial charge in [-0.05, 0) is 37.1 Å². The molecular formula is C19H20N2O5S. The number of fused-ring (bicyclic) bond motifs is 2.